The predicted octanol–water partition coefficient (Wildman–Crippen LogP) is 6.23. The molecule has 6 heteroatoms. The fourth-order valence-electron chi connectivity index (χ4n) is 3.65. The van der Waals surface area contributed by atoms with E-state index in [1.165, 1.54) is 5.56 Å². The van der Waals surface area contributed by atoms with Gasteiger partial charge in [-0.05, 0) is 62.2 Å². The van der Waals surface area contributed by atoms with Gasteiger partial charge in [0.05, 0.1) is 22.4 Å². The zero-order valence-corrected chi connectivity index (χ0v) is 18.3. The Balaban J connectivity index is 1.61. The molecule has 0 unspecified atom stereocenters. The SMILES string of the molecule is Cc1ccc(C)c(Nc2nc3ccccc3nc2Nc2cc(C)nn2-c2ccccc2)c1. The van der Waals surface area contributed by atoms with Crippen LogP contribution in [0, 0.1) is 20.8 Å². The Morgan fingerprint density at radius 1 is 0.688 bits per heavy atom. The second-order valence-corrected chi connectivity index (χ2v) is 7.90. The molecule has 158 valence electrons. The molecule has 6 nitrogen and oxygen atoms in total. The summed E-state index contributed by atoms with van der Waals surface area (Å²) in [4.78, 5) is 9.77. The molecule has 0 bridgehead atoms. The van der Waals surface area contributed by atoms with Gasteiger partial charge in [-0.2, -0.15) is 5.10 Å². The number of anilines is 4. The number of nitrogens with zero attached hydrogens (tertiary/aromatic N) is 4. The number of nitrogens with one attached hydrogen (secondary N) is 2. The number of hydrogen-bond acceptors (Lipinski definition) is 5. The van der Waals surface area contributed by atoms with Gasteiger partial charge in [0.25, 0.3) is 0 Å². The van der Waals surface area contributed by atoms with Crippen LogP contribution in [0.1, 0.15) is 16.8 Å². The van der Waals surface area contributed by atoms with Crippen molar-refractivity contribution in [1.29, 1.82) is 0 Å². The number of hydrogen-bond donors (Lipinski definition) is 2. The van der Waals surface area contributed by atoms with Crippen molar-refractivity contribution in [3.8, 4) is 5.69 Å². The van der Waals surface area contributed by atoms with Gasteiger partial charge in [0.1, 0.15) is 5.82 Å². The summed E-state index contributed by atoms with van der Waals surface area (Å²) in [7, 11) is 0. The lowest BCUT2D eigenvalue weighted by Gasteiger charge is -2.16. The first-order valence-corrected chi connectivity index (χ1v) is 10.6. The second-order valence-electron chi connectivity index (χ2n) is 7.90. The topological polar surface area (TPSA) is 67.7 Å². The minimum Gasteiger partial charge on any atom is -0.337 e. The van der Waals surface area contributed by atoms with Gasteiger partial charge in [0, 0.05) is 11.8 Å². The molecule has 5 aromatic rings. The molecule has 0 aliphatic rings. The number of rotatable bonds is 5. The van der Waals surface area contributed by atoms with E-state index in [4.69, 9.17) is 9.97 Å². The van der Waals surface area contributed by atoms with Crippen LogP contribution in [0.3, 0.4) is 0 Å². The molecule has 0 amide bonds. The standard InChI is InChI=1S/C26H24N6/c1-17-13-14-18(2)23(15-17)29-25-26(28-22-12-8-7-11-21(22)27-25)30-24-16-19(3)31-32(24)20-9-5-4-6-10-20/h4-16H,1-3H3,(H,27,29)(H,28,30). The Hall–Kier alpha value is -4.19. The van der Waals surface area contributed by atoms with Crippen molar-refractivity contribution in [3.63, 3.8) is 0 Å². The third kappa shape index (κ3) is 3.90. The van der Waals surface area contributed by atoms with E-state index >= 15 is 0 Å². The highest BCUT2D eigenvalue weighted by Gasteiger charge is 2.14. The second kappa shape index (κ2) is 8.15. The highest BCUT2D eigenvalue weighted by molar-refractivity contribution is 5.83. The highest BCUT2D eigenvalue weighted by atomic mass is 15.3. The van der Waals surface area contributed by atoms with Crippen LogP contribution in [-0.2, 0) is 0 Å². The summed E-state index contributed by atoms with van der Waals surface area (Å²) in [6, 6.07) is 26.3. The zero-order chi connectivity index (χ0) is 22.1. The van der Waals surface area contributed by atoms with Crippen LogP contribution in [0.15, 0.2) is 78.9 Å². The molecular weight excluding hydrogens is 396 g/mol. The van der Waals surface area contributed by atoms with Crippen molar-refractivity contribution in [2.24, 2.45) is 0 Å². The van der Waals surface area contributed by atoms with Gasteiger partial charge in [0.15, 0.2) is 11.6 Å². The maximum Gasteiger partial charge on any atom is 0.175 e. The van der Waals surface area contributed by atoms with Crippen LogP contribution in [0.5, 0.6) is 0 Å². The molecule has 0 radical (unpaired) electrons. The number of aromatic nitrogens is 4. The molecule has 0 aliphatic heterocycles. The van der Waals surface area contributed by atoms with Crippen molar-refractivity contribution < 1.29 is 0 Å². The van der Waals surface area contributed by atoms with Crippen LogP contribution in [-0.4, -0.2) is 19.7 Å². The average molecular weight is 421 g/mol. The molecule has 0 atom stereocenters. The van der Waals surface area contributed by atoms with Crippen molar-refractivity contribution in [2.45, 2.75) is 20.8 Å². The summed E-state index contributed by atoms with van der Waals surface area (Å²) in [5.41, 5.74) is 6.86. The molecule has 0 saturated heterocycles. The summed E-state index contributed by atoms with van der Waals surface area (Å²) < 4.78 is 1.88. The van der Waals surface area contributed by atoms with Gasteiger partial charge >= 0.3 is 0 Å². The normalized spacial score (nSPS) is 11.0. The molecule has 3 aromatic carbocycles. The summed E-state index contributed by atoms with van der Waals surface area (Å²) in [6.45, 7) is 6.14. The smallest absolute Gasteiger partial charge is 0.175 e. The number of para-hydroxylation sites is 3. The van der Waals surface area contributed by atoms with Crippen molar-refractivity contribution >= 4 is 34.2 Å². The lowest BCUT2D eigenvalue weighted by Crippen LogP contribution is -2.07. The fraction of sp³-hybridized carbons (Fsp3) is 0.115. The van der Waals surface area contributed by atoms with Crippen molar-refractivity contribution in [2.75, 3.05) is 10.6 Å². The lowest BCUT2D eigenvalue weighted by atomic mass is 10.1. The van der Waals surface area contributed by atoms with Crippen LogP contribution < -0.4 is 10.6 Å². The van der Waals surface area contributed by atoms with Gasteiger partial charge < -0.3 is 10.6 Å². The highest BCUT2D eigenvalue weighted by Crippen LogP contribution is 2.30. The van der Waals surface area contributed by atoms with Crippen LogP contribution in [0.25, 0.3) is 16.7 Å². The monoisotopic (exact) mass is 420 g/mol. The first kappa shape index (κ1) is 19.8. The quantitative estimate of drug-likeness (QED) is 0.353. The zero-order valence-electron chi connectivity index (χ0n) is 18.3. The third-order valence-electron chi connectivity index (χ3n) is 5.30. The first-order chi connectivity index (χ1) is 15.6. The fourth-order valence-corrected chi connectivity index (χ4v) is 3.65. The van der Waals surface area contributed by atoms with Gasteiger partial charge in [-0.25, -0.2) is 14.6 Å². The molecule has 32 heavy (non-hydrogen) atoms. The summed E-state index contributed by atoms with van der Waals surface area (Å²) in [5.74, 6) is 2.12. The summed E-state index contributed by atoms with van der Waals surface area (Å²) in [5, 5.41) is 11.6. The van der Waals surface area contributed by atoms with E-state index in [2.05, 4.69) is 47.8 Å². The molecule has 0 fully saturated rings. The van der Waals surface area contributed by atoms with E-state index < -0.39 is 0 Å². The molecule has 0 aliphatic carbocycles. The van der Waals surface area contributed by atoms with Crippen LogP contribution in [0.4, 0.5) is 23.1 Å². The Morgan fingerprint density at radius 2 is 1.34 bits per heavy atom. The van der Waals surface area contributed by atoms with Crippen LogP contribution in [0.2, 0.25) is 0 Å². The van der Waals surface area contributed by atoms with Gasteiger partial charge in [0.2, 0.25) is 0 Å². The molecule has 5 rings (SSSR count). The third-order valence-corrected chi connectivity index (χ3v) is 5.30. The summed E-state index contributed by atoms with van der Waals surface area (Å²) >= 11 is 0. The van der Waals surface area contributed by atoms with Gasteiger partial charge in [-0.3, -0.25) is 0 Å². The van der Waals surface area contributed by atoms with E-state index in [0.717, 1.165) is 39.5 Å². The average Bonchev–Trinajstić information content (AvgIpc) is 3.17. The van der Waals surface area contributed by atoms with E-state index in [9.17, 15) is 0 Å². The maximum absolute atomic E-state index is 4.89. The Labute approximate surface area is 187 Å². The predicted molar refractivity (Wildman–Crippen MR) is 130 cm³/mol. The van der Waals surface area contributed by atoms with E-state index in [1.807, 2.05) is 72.3 Å². The summed E-state index contributed by atoms with van der Waals surface area (Å²) in [6.07, 6.45) is 0. The maximum atomic E-state index is 4.89. The minimum absolute atomic E-state index is 0.640. The number of fused-ring (bicyclic) bond motifs is 1. The Kier molecular flexibility index (Phi) is 5.03. The number of aryl methyl sites for hydroxylation is 3. The molecule has 0 saturated carbocycles. The minimum atomic E-state index is 0.640. The van der Waals surface area contributed by atoms with E-state index in [-0.39, 0.29) is 0 Å². The molecule has 0 spiro atoms. The molecular formula is C26H24N6. The lowest BCUT2D eigenvalue weighted by molar-refractivity contribution is 0.868. The van der Waals surface area contributed by atoms with Crippen LogP contribution >= 0.6 is 0 Å². The molecule has 2 aromatic heterocycles. The van der Waals surface area contributed by atoms with E-state index in [1.54, 1.807) is 0 Å². The van der Waals surface area contributed by atoms with Gasteiger partial charge in [-0.15, -0.1) is 0 Å². The van der Waals surface area contributed by atoms with Crippen molar-refractivity contribution in [1.82, 2.24) is 19.7 Å². The first-order valence-electron chi connectivity index (χ1n) is 10.6. The Morgan fingerprint density at radius 3 is 2.06 bits per heavy atom. The largest absolute Gasteiger partial charge is 0.337 e. The van der Waals surface area contributed by atoms with Gasteiger partial charge in [-0.1, -0.05) is 42.5 Å². The molecule has 2 N–H and O–H groups in total. The Bertz CT molecular complexity index is 1410. The van der Waals surface area contributed by atoms with Crippen molar-refractivity contribution in [3.05, 3.63) is 95.7 Å². The molecule has 2 heterocycles. The van der Waals surface area contributed by atoms with E-state index in [0.29, 0.717) is 11.6 Å². The number of benzene rings is 3.